The normalized spacial score (nSPS) is 10.2. The van der Waals surface area contributed by atoms with E-state index in [1.165, 1.54) is 0 Å². The second-order valence-electron chi connectivity index (χ2n) is 5.93. The Morgan fingerprint density at radius 1 is 1.04 bits per heavy atom. The fraction of sp³-hybridized carbons (Fsp3) is 0.300. The van der Waals surface area contributed by atoms with E-state index in [0.717, 1.165) is 22.9 Å². The van der Waals surface area contributed by atoms with E-state index in [9.17, 15) is 9.59 Å². The Hall–Kier alpha value is -2.54. The van der Waals surface area contributed by atoms with E-state index in [0.29, 0.717) is 23.7 Å². The van der Waals surface area contributed by atoms with Gasteiger partial charge < -0.3 is 9.47 Å². The first-order valence-corrected chi connectivity index (χ1v) is 9.50. The van der Waals surface area contributed by atoms with Gasteiger partial charge in [0, 0.05) is 10.0 Å². The second-order valence-corrected chi connectivity index (χ2v) is 6.84. The van der Waals surface area contributed by atoms with Crippen molar-refractivity contribution in [2.24, 2.45) is 0 Å². The highest BCUT2D eigenvalue weighted by atomic mass is 79.9. The van der Waals surface area contributed by atoms with Gasteiger partial charge in [-0.15, -0.1) is 0 Å². The van der Waals surface area contributed by atoms with E-state index >= 15 is 0 Å². The lowest BCUT2D eigenvalue weighted by molar-refractivity contribution is -0.123. The third-order valence-electron chi connectivity index (χ3n) is 3.69. The summed E-state index contributed by atoms with van der Waals surface area (Å²) in [6.45, 7) is 4.43. The van der Waals surface area contributed by atoms with E-state index in [2.05, 4.69) is 33.7 Å². The summed E-state index contributed by atoms with van der Waals surface area (Å²) in [4.78, 5) is 23.9. The van der Waals surface area contributed by atoms with Gasteiger partial charge in [-0.25, -0.2) is 0 Å². The number of hydrogen-bond acceptors (Lipinski definition) is 4. The van der Waals surface area contributed by atoms with Crippen molar-refractivity contribution < 1.29 is 19.1 Å². The van der Waals surface area contributed by atoms with Crippen LogP contribution in [0.15, 0.2) is 46.9 Å². The summed E-state index contributed by atoms with van der Waals surface area (Å²) in [5.41, 5.74) is 6.02. The van der Waals surface area contributed by atoms with Crippen molar-refractivity contribution in [3.05, 3.63) is 58.1 Å². The summed E-state index contributed by atoms with van der Waals surface area (Å²) in [6.07, 6.45) is 2.04. The van der Waals surface area contributed by atoms with Crippen molar-refractivity contribution in [3.63, 3.8) is 0 Å². The van der Waals surface area contributed by atoms with E-state index in [1.807, 2.05) is 19.1 Å². The molecule has 0 radical (unpaired) electrons. The Kier molecular flexibility index (Phi) is 8.13. The van der Waals surface area contributed by atoms with E-state index in [4.69, 9.17) is 9.47 Å². The van der Waals surface area contributed by atoms with E-state index in [1.54, 1.807) is 30.3 Å². The van der Waals surface area contributed by atoms with Crippen LogP contribution in [0.4, 0.5) is 0 Å². The summed E-state index contributed by atoms with van der Waals surface area (Å²) in [5, 5.41) is 0. The van der Waals surface area contributed by atoms with E-state index < -0.39 is 11.8 Å². The molecule has 0 fully saturated rings. The first kappa shape index (κ1) is 20.8. The predicted octanol–water partition coefficient (Wildman–Crippen LogP) is 3.78. The minimum Gasteiger partial charge on any atom is -0.494 e. The molecule has 2 aromatic rings. The average Bonchev–Trinajstić information content (AvgIpc) is 2.66. The first-order valence-electron chi connectivity index (χ1n) is 8.70. The number of hydrazine groups is 1. The maximum atomic E-state index is 12.1. The molecule has 0 bridgehead atoms. The van der Waals surface area contributed by atoms with Gasteiger partial charge in [0.15, 0.2) is 6.61 Å². The average molecular weight is 435 g/mol. The molecule has 0 aromatic heterocycles. The van der Waals surface area contributed by atoms with Gasteiger partial charge in [-0.05, 0) is 61.4 Å². The van der Waals surface area contributed by atoms with Crippen LogP contribution >= 0.6 is 15.9 Å². The molecule has 144 valence electrons. The van der Waals surface area contributed by atoms with Crippen molar-refractivity contribution in [1.29, 1.82) is 0 Å². The molecule has 2 amide bonds. The van der Waals surface area contributed by atoms with Gasteiger partial charge in [-0.2, -0.15) is 0 Å². The number of halogens is 1. The Labute approximate surface area is 167 Å². The van der Waals surface area contributed by atoms with Crippen molar-refractivity contribution in [2.75, 3.05) is 13.2 Å². The SMILES string of the molecule is CCCCOc1ccc(C(=O)NNC(=O)COc2ccc(Br)cc2C)cc1. The van der Waals surface area contributed by atoms with Crippen LogP contribution in [-0.4, -0.2) is 25.0 Å². The molecule has 2 aromatic carbocycles. The third kappa shape index (κ3) is 6.94. The lowest BCUT2D eigenvalue weighted by atomic mass is 10.2. The van der Waals surface area contributed by atoms with Crippen LogP contribution < -0.4 is 20.3 Å². The van der Waals surface area contributed by atoms with E-state index in [-0.39, 0.29) is 6.61 Å². The largest absolute Gasteiger partial charge is 0.494 e. The Balaban J connectivity index is 1.76. The maximum absolute atomic E-state index is 12.1. The fourth-order valence-corrected chi connectivity index (χ4v) is 2.67. The van der Waals surface area contributed by atoms with Crippen LogP contribution in [0, 0.1) is 6.92 Å². The maximum Gasteiger partial charge on any atom is 0.276 e. The van der Waals surface area contributed by atoms with Crippen molar-refractivity contribution in [1.82, 2.24) is 10.9 Å². The smallest absolute Gasteiger partial charge is 0.276 e. The molecule has 0 atom stereocenters. The molecule has 7 heteroatoms. The number of hydrogen-bond donors (Lipinski definition) is 2. The van der Waals surface area contributed by atoms with Gasteiger partial charge in [-0.3, -0.25) is 20.4 Å². The fourth-order valence-electron chi connectivity index (χ4n) is 2.19. The highest BCUT2D eigenvalue weighted by Crippen LogP contribution is 2.21. The molecule has 2 rings (SSSR count). The molecular formula is C20H23BrN2O4. The zero-order valence-corrected chi connectivity index (χ0v) is 17.0. The lowest BCUT2D eigenvalue weighted by Gasteiger charge is -2.11. The van der Waals surface area contributed by atoms with Crippen LogP contribution in [0.3, 0.4) is 0 Å². The predicted molar refractivity (Wildman–Crippen MR) is 107 cm³/mol. The van der Waals surface area contributed by atoms with Crippen molar-refractivity contribution in [3.8, 4) is 11.5 Å². The topological polar surface area (TPSA) is 76.7 Å². The van der Waals surface area contributed by atoms with Crippen LogP contribution in [0.5, 0.6) is 11.5 Å². The number of carbonyl (C=O) groups excluding carboxylic acids is 2. The standard InChI is InChI=1S/C20H23BrN2O4/c1-3-4-11-26-17-8-5-15(6-9-17)20(25)23-22-19(24)13-27-18-10-7-16(21)12-14(18)2/h5-10,12H,3-4,11,13H2,1-2H3,(H,22,24)(H,23,25). The first-order chi connectivity index (χ1) is 13.0. The number of nitrogens with one attached hydrogen (secondary N) is 2. The van der Waals surface area contributed by atoms with Crippen LogP contribution in [0.1, 0.15) is 35.7 Å². The molecule has 0 spiro atoms. The molecule has 27 heavy (non-hydrogen) atoms. The van der Waals surface area contributed by atoms with Gasteiger partial charge in [0.1, 0.15) is 11.5 Å². The number of amides is 2. The van der Waals surface area contributed by atoms with Crippen LogP contribution in [-0.2, 0) is 4.79 Å². The number of carbonyl (C=O) groups is 2. The Bertz CT molecular complexity index is 778. The van der Waals surface area contributed by atoms with Crippen LogP contribution in [0.25, 0.3) is 0 Å². The molecule has 0 aliphatic carbocycles. The highest BCUT2D eigenvalue weighted by molar-refractivity contribution is 9.10. The zero-order chi connectivity index (χ0) is 19.6. The summed E-state index contributed by atoms with van der Waals surface area (Å²) in [7, 11) is 0. The Morgan fingerprint density at radius 2 is 1.78 bits per heavy atom. The summed E-state index contributed by atoms with van der Waals surface area (Å²) in [5.74, 6) is 0.453. The van der Waals surface area contributed by atoms with Gasteiger partial charge in [0.25, 0.3) is 11.8 Å². The third-order valence-corrected chi connectivity index (χ3v) is 4.19. The molecule has 2 N–H and O–H groups in total. The van der Waals surface area contributed by atoms with Gasteiger partial charge in [0.05, 0.1) is 6.61 Å². The minimum absolute atomic E-state index is 0.201. The van der Waals surface area contributed by atoms with Crippen molar-refractivity contribution in [2.45, 2.75) is 26.7 Å². The quantitative estimate of drug-likeness (QED) is 0.489. The molecule has 0 unspecified atom stereocenters. The molecule has 0 saturated heterocycles. The van der Waals surface area contributed by atoms with Crippen molar-refractivity contribution >= 4 is 27.7 Å². The second kappa shape index (κ2) is 10.6. The summed E-state index contributed by atoms with van der Waals surface area (Å²) in [6, 6.07) is 12.2. The van der Waals surface area contributed by atoms with Gasteiger partial charge in [-0.1, -0.05) is 29.3 Å². The number of rotatable bonds is 8. The summed E-state index contributed by atoms with van der Waals surface area (Å²) < 4.78 is 11.9. The number of unbranched alkanes of at least 4 members (excludes halogenated alkanes) is 1. The molecule has 0 aliphatic rings. The molecule has 0 heterocycles. The van der Waals surface area contributed by atoms with Crippen LogP contribution in [0.2, 0.25) is 0 Å². The Morgan fingerprint density at radius 3 is 2.44 bits per heavy atom. The summed E-state index contributed by atoms with van der Waals surface area (Å²) >= 11 is 3.37. The molecule has 6 nitrogen and oxygen atoms in total. The number of aryl methyl sites for hydroxylation is 1. The molecule has 0 aliphatic heterocycles. The lowest BCUT2D eigenvalue weighted by Crippen LogP contribution is -2.43. The molecular weight excluding hydrogens is 412 g/mol. The number of ether oxygens (including phenoxy) is 2. The molecule has 0 saturated carbocycles. The van der Waals surface area contributed by atoms with Gasteiger partial charge in [0.2, 0.25) is 0 Å². The van der Waals surface area contributed by atoms with Gasteiger partial charge >= 0.3 is 0 Å². The monoisotopic (exact) mass is 434 g/mol. The minimum atomic E-state index is -0.454. The highest BCUT2D eigenvalue weighted by Gasteiger charge is 2.09. The zero-order valence-electron chi connectivity index (χ0n) is 15.4. The number of benzene rings is 2.